The van der Waals surface area contributed by atoms with E-state index in [4.69, 9.17) is 0 Å². The summed E-state index contributed by atoms with van der Waals surface area (Å²) in [7, 11) is 0. The number of hydrogen-bond acceptors (Lipinski definition) is 2. The van der Waals surface area contributed by atoms with Crippen LogP contribution in [-0.4, -0.2) is 12.6 Å². The molecule has 0 spiro atoms. The van der Waals surface area contributed by atoms with Crippen LogP contribution in [0.5, 0.6) is 0 Å². The number of thiophene rings is 1. The topological polar surface area (TPSA) is 12.0 Å². The van der Waals surface area contributed by atoms with Crippen LogP contribution in [0.1, 0.15) is 43.9 Å². The molecule has 0 fully saturated rings. The van der Waals surface area contributed by atoms with Gasteiger partial charge in [-0.2, -0.15) is 0 Å². The van der Waals surface area contributed by atoms with Gasteiger partial charge >= 0.3 is 0 Å². The molecule has 1 heterocycles. The summed E-state index contributed by atoms with van der Waals surface area (Å²) in [5, 5.41) is 3.58. The summed E-state index contributed by atoms with van der Waals surface area (Å²) in [6.45, 7) is 10.1. The Labute approximate surface area is 104 Å². The van der Waals surface area contributed by atoms with Gasteiger partial charge in [-0.3, -0.25) is 0 Å². The Morgan fingerprint density at radius 1 is 1.19 bits per heavy atom. The highest BCUT2D eigenvalue weighted by atomic mass is 32.1. The van der Waals surface area contributed by atoms with Gasteiger partial charge in [0.05, 0.1) is 0 Å². The average molecular weight is 239 g/mol. The first-order valence-electron chi connectivity index (χ1n) is 6.48. The van der Waals surface area contributed by atoms with Crippen molar-refractivity contribution in [2.75, 3.05) is 6.54 Å². The van der Waals surface area contributed by atoms with E-state index in [0.29, 0.717) is 6.04 Å². The summed E-state index contributed by atoms with van der Waals surface area (Å²) in [5.74, 6) is 0.727. The molecule has 0 aliphatic heterocycles. The van der Waals surface area contributed by atoms with Gasteiger partial charge in [-0.15, -0.1) is 11.3 Å². The van der Waals surface area contributed by atoms with E-state index < -0.39 is 0 Å². The second-order valence-corrected chi connectivity index (χ2v) is 5.92. The van der Waals surface area contributed by atoms with Crippen LogP contribution >= 0.6 is 11.3 Å². The summed E-state index contributed by atoms with van der Waals surface area (Å²) >= 11 is 1.98. The number of rotatable bonds is 7. The molecule has 1 nitrogen and oxygen atoms in total. The van der Waals surface area contributed by atoms with Crippen molar-refractivity contribution in [3.05, 3.63) is 21.9 Å². The maximum atomic E-state index is 3.58. The summed E-state index contributed by atoms with van der Waals surface area (Å²) in [6.07, 6.45) is 3.65. The van der Waals surface area contributed by atoms with Crippen molar-refractivity contribution in [3.8, 4) is 0 Å². The van der Waals surface area contributed by atoms with Crippen LogP contribution in [-0.2, 0) is 12.8 Å². The Kier molecular flexibility index (Phi) is 6.07. The highest BCUT2D eigenvalue weighted by molar-refractivity contribution is 7.11. The fourth-order valence-electron chi connectivity index (χ4n) is 1.98. The number of nitrogens with one attached hydrogen (secondary N) is 1. The molecule has 0 saturated heterocycles. The molecule has 0 saturated carbocycles. The Balaban J connectivity index is 2.42. The molecule has 0 aliphatic carbocycles. The second-order valence-electron chi connectivity index (χ2n) is 4.67. The lowest BCUT2D eigenvalue weighted by atomic mass is 9.99. The first kappa shape index (κ1) is 13.7. The molecule has 1 rings (SSSR count). The lowest BCUT2D eigenvalue weighted by Crippen LogP contribution is -2.33. The predicted octanol–water partition coefficient (Wildman–Crippen LogP) is 3.88. The summed E-state index contributed by atoms with van der Waals surface area (Å²) < 4.78 is 0. The van der Waals surface area contributed by atoms with Crippen LogP contribution in [0.25, 0.3) is 0 Å². The molecule has 16 heavy (non-hydrogen) atoms. The van der Waals surface area contributed by atoms with Crippen LogP contribution in [0.15, 0.2) is 12.1 Å². The Morgan fingerprint density at radius 2 is 1.88 bits per heavy atom. The van der Waals surface area contributed by atoms with Gasteiger partial charge in [0.1, 0.15) is 0 Å². The molecule has 0 radical (unpaired) electrons. The quantitative estimate of drug-likeness (QED) is 0.761. The fourth-order valence-corrected chi connectivity index (χ4v) is 2.95. The molecule has 0 aliphatic rings. The lowest BCUT2D eigenvalue weighted by Gasteiger charge is -2.21. The zero-order valence-electron chi connectivity index (χ0n) is 11.0. The van der Waals surface area contributed by atoms with E-state index in [-0.39, 0.29) is 0 Å². The van der Waals surface area contributed by atoms with Crippen molar-refractivity contribution < 1.29 is 0 Å². The van der Waals surface area contributed by atoms with Crippen molar-refractivity contribution in [2.45, 2.75) is 53.0 Å². The van der Waals surface area contributed by atoms with E-state index in [2.05, 4.69) is 45.1 Å². The number of aryl methyl sites for hydroxylation is 2. The van der Waals surface area contributed by atoms with Crippen LogP contribution in [0.2, 0.25) is 0 Å². The summed E-state index contributed by atoms with van der Waals surface area (Å²) in [4.78, 5) is 3.06. The molecule has 1 aromatic rings. The maximum Gasteiger partial charge on any atom is 0.00933 e. The monoisotopic (exact) mass is 239 g/mol. The van der Waals surface area contributed by atoms with E-state index in [0.717, 1.165) is 12.5 Å². The highest BCUT2D eigenvalue weighted by Crippen LogP contribution is 2.20. The fraction of sp³-hybridized carbons (Fsp3) is 0.714. The molecule has 0 aromatic carbocycles. The minimum absolute atomic E-state index is 0.664. The predicted molar refractivity (Wildman–Crippen MR) is 74.3 cm³/mol. The van der Waals surface area contributed by atoms with Crippen LogP contribution in [0, 0.1) is 5.92 Å². The third kappa shape index (κ3) is 4.26. The molecular weight excluding hydrogens is 214 g/mol. The molecule has 1 aromatic heterocycles. The molecule has 2 heteroatoms. The smallest absolute Gasteiger partial charge is 0.00933 e. The SMILES string of the molecule is CCNC(CCc1ccc(CC)s1)C(C)C. The highest BCUT2D eigenvalue weighted by Gasteiger charge is 2.12. The molecule has 1 unspecified atom stereocenters. The van der Waals surface area contributed by atoms with Crippen LogP contribution in [0.3, 0.4) is 0 Å². The van der Waals surface area contributed by atoms with Crippen molar-refractivity contribution in [1.29, 1.82) is 0 Å². The van der Waals surface area contributed by atoms with Crippen molar-refractivity contribution in [1.82, 2.24) is 5.32 Å². The Hall–Kier alpha value is -0.340. The van der Waals surface area contributed by atoms with Crippen LogP contribution < -0.4 is 5.32 Å². The number of hydrogen-bond donors (Lipinski definition) is 1. The van der Waals surface area contributed by atoms with Gasteiger partial charge in [-0.25, -0.2) is 0 Å². The van der Waals surface area contributed by atoms with E-state index in [1.54, 1.807) is 4.88 Å². The summed E-state index contributed by atoms with van der Waals surface area (Å²) in [5.41, 5.74) is 0. The Morgan fingerprint density at radius 3 is 2.38 bits per heavy atom. The average Bonchev–Trinajstić information content (AvgIpc) is 2.71. The van der Waals surface area contributed by atoms with Gasteiger partial charge in [0.2, 0.25) is 0 Å². The minimum atomic E-state index is 0.664. The van der Waals surface area contributed by atoms with Crippen molar-refractivity contribution in [3.63, 3.8) is 0 Å². The molecular formula is C14H25NS. The zero-order chi connectivity index (χ0) is 12.0. The summed E-state index contributed by atoms with van der Waals surface area (Å²) in [6, 6.07) is 5.24. The molecule has 1 atom stereocenters. The van der Waals surface area contributed by atoms with Gasteiger partial charge < -0.3 is 5.32 Å². The minimum Gasteiger partial charge on any atom is -0.314 e. The first-order chi connectivity index (χ1) is 7.67. The standard InChI is InChI=1S/C14H25NS/c1-5-12-7-8-13(16-12)9-10-14(11(3)4)15-6-2/h7-8,11,14-15H,5-6,9-10H2,1-4H3. The molecule has 0 amide bonds. The largest absolute Gasteiger partial charge is 0.314 e. The normalized spacial score (nSPS) is 13.3. The molecule has 0 bridgehead atoms. The van der Waals surface area contributed by atoms with Crippen LogP contribution in [0.4, 0.5) is 0 Å². The van der Waals surface area contributed by atoms with Gasteiger partial charge in [0.15, 0.2) is 0 Å². The van der Waals surface area contributed by atoms with Crippen molar-refractivity contribution >= 4 is 11.3 Å². The van der Waals surface area contributed by atoms with E-state index >= 15 is 0 Å². The zero-order valence-corrected chi connectivity index (χ0v) is 11.9. The van der Waals surface area contributed by atoms with Gasteiger partial charge in [-0.05, 0) is 43.9 Å². The van der Waals surface area contributed by atoms with E-state index in [9.17, 15) is 0 Å². The molecule has 92 valence electrons. The van der Waals surface area contributed by atoms with Gasteiger partial charge in [0.25, 0.3) is 0 Å². The maximum absolute atomic E-state index is 3.58. The van der Waals surface area contributed by atoms with Gasteiger partial charge in [0, 0.05) is 15.8 Å². The lowest BCUT2D eigenvalue weighted by molar-refractivity contribution is 0.386. The third-order valence-corrected chi connectivity index (χ3v) is 4.33. The Bertz CT molecular complexity index is 291. The first-order valence-corrected chi connectivity index (χ1v) is 7.30. The van der Waals surface area contributed by atoms with E-state index in [1.807, 2.05) is 11.3 Å². The molecule has 1 N–H and O–H groups in total. The van der Waals surface area contributed by atoms with E-state index in [1.165, 1.54) is 24.1 Å². The third-order valence-electron chi connectivity index (χ3n) is 3.04. The second kappa shape index (κ2) is 7.08. The van der Waals surface area contributed by atoms with Gasteiger partial charge in [-0.1, -0.05) is 27.7 Å². The van der Waals surface area contributed by atoms with Crippen molar-refractivity contribution in [2.24, 2.45) is 5.92 Å².